The van der Waals surface area contributed by atoms with Crippen molar-refractivity contribution in [2.24, 2.45) is 5.92 Å². The van der Waals surface area contributed by atoms with Crippen LogP contribution in [0.2, 0.25) is 0 Å². The molecule has 4 nitrogen and oxygen atoms in total. The van der Waals surface area contributed by atoms with Crippen LogP contribution in [0.3, 0.4) is 0 Å². The largest absolute Gasteiger partial charge is 0.396 e. The first kappa shape index (κ1) is 16.5. The fourth-order valence-corrected chi connectivity index (χ4v) is 2.35. The number of hydrogen-bond acceptors (Lipinski definition) is 4. The second-order valence-electron chi connectivity index (χ2n) is 5.77. The molecule has 1 unspecified atom stereocenters. The Morgan fingerprint density at radius 3 is 2.50 bits per heavy atom. The molecule has 0 fully saturated rings. The fourth-order valence-electron chi connectivity index (χ4n) is 2.35. The van der Waals surface area contributed by atoms with Crippen molar-refractivity contribution in [2.45, 2.75) is 13.0 Å². The average molecular weight is 299 g/mol. The van der Waals surface area contributed by atoms with E-state index >= 15 is 0 Å². The Balaban J connectivity index is 1.78. The Morgan fingerprint density at radius 2 is 1.91 bits per heavy atom. The lowest BCUT2D eigenvalue weighted by atomic mass is 10.0. The number of anilines is 1. The van der Waals surface area contributed by atoms with Gasteiger partial charge in [0.2, 0.25) is 0 Å². The Bertz CT molecular complexity index is 540. The van der Waals surface area contributed by atoms with Gasteiger partial charge in [-0.2, -0.15) is 0 Å². The smallest absolute Gasteiger partial charge is 0.0475 e. The summed E-state index contributed by atoms with van der Waals surface area (Å²) in [6.45, 7) is 1.76. The lowest BCUT2D eigenvalue weighted by molar-refractivity contribution is 0.220. The van der Waals surface area contributed by atoms with Gasteiger partial charge in [-0.1, -0.05) is 18.2 Å². The number of benzene rings is 1. The first-order valence-electron chi connectivity index (χ1n) is 7.67. The van der Waals surface area contributed by atoms with E-state index in [4.69, 9.17) is 0 Å². The summed E-state index contributed by atoms with van der Waals surface area (Å²) in [6, 6.07) is 14.4. The quantitative estimate of drug-likeness (QED) is 0.783. The highest BCUT2D eigenvalue weighted by atomic mass is 16.3. The van der Waals surface area contributed by atoms with E-state index in [0.717, 1.165) is 25.2 Å². The number of nitrogens with one attached hydrogen (secondary N) is 1. The van der Waals surface area contributed by atoms with Crippen LogP contribution in [0.4, 0.5) is 5.69 Å². The fraction of sp³-hybridized carbons (Fsp3) is 0.389. The van der Waals surface area contributed by atoms with Crippen LogP contribution >= 0.6 is 0 Å². The molecule has 0 bridgehead atoms. The zero-order valence-corrected chi connectivity index (χ0v) is 13.4. The van der Waals surface area contributed by atoms with Crippen LogP contribution in [-0.4, -0.2) is 37.3 Å². The molecule has 2 aromatic rings. The van der Waals surface area contributed by atoms with Gasteiger partial charge in [0.05, 0.1) is 0 Å². The molecule has 22 heavy (non-hydrogen) atoms. The van der Waals surface area contributed by atoms with E-state index in [1.165, 1.54) is 11.3 Å². The van der Waals surface area contributed by atoms with Crippen molar-refractivity contribution >= 4 is 5.69 Å². The first-order chi connectivity index (χ1) is 10.7. The molecule has 118 valence electrons. The maximum Gasteiger partial charge on any atom is 0.0475 e. The van der Waals surface area contributed by atoms with Crippen LogP contribution in [0.1, 0.15) is 11.3 Å². The second kappa shape index (κ2) is 8.51. The maximum absolute atomic E-state index is 9.51. The lowest BCUT2D eigenvalue weighted by Gasteiger charge is -2.16. The number of nitrogens with zero attached hydrogens (tertiary/aromatic N) is 2. The van der Waals surface area contributed by atoms with E-state index in [-0.39, 0.29) is 12.5 Å². The van der Waals surface area contributed by atoms with Gasteiger partial charge in [-0.15, -0.1) is 0 Å². The van der Waals surface area contributed by atoms with Crippen LogP contribution in [0.25, 0.3) is 0 Å². The van der Waals surface area contributed by atoms with Crippen molar-refractivity contribution in [3.8, 4) is 0 Å². The van der Waals surface area contributed by atoms with E-state index < -0.39 is 0 Å². The number of aliphatic hydroxyl groups excluding tert-OH is 1. The summed E-state index contributed by atoms with van der Waals surface area (Å²) in [6.07, 6.45) is 2.59. The van der Waals surface area contributed by atoms with E-state index in [9.17, 15) is 5.11 Å². The van der Waals surface area contributed by atoms with Gasteiger partial charge < -0.3 is 15.3 Å². The van der Waals surface area contributed by atoms with Gasteiger partial charge in [-0.25, -0.2) is 0 Å². The van der Waals surface area contributed by atoms with Crippen LogP contribution in [-0.2, 0) is 13.0 Å². The molecule has 1 aromatic heterocycles. The molecule has 0 aliphatic carbocycles. The highest BCUT2D eigenvalue weighted by Gasteiger charge is 2.09. The Morgan fingerprint density at radius 1 is 1.14 bits per heavy atom. The number of hydrogen-bond donors (Lipinski definition) is 2. The molecule has 2 N–H and O–H groups in total. The minimum atomic E-state index is 0.170. The van der Waals surface area contributed by atoms with E-state index in [2.05, 4.69) is 39.5 Å². The Hall–Kier alpha value is -1.91. The molecule has 0 amide bonds. The predicted molar refractivity (Wildman–Crippen MR) is 91.0 cm³/mol. The molecule has 0 aliphatic rings. The summed E-state index contributed by atoms with van der Waals surface area (Å²) in [4.78, 5) is 6.40. The van der Waals surface area contributed by atoms with Crippen LogP contribution in [0.5, 0.6) is 0 Å². The van der Waals surface area contributed by atoms with Gasteiger partial charge in [-0.3, -0.25) is 4.98 Å². The summed E-state index contributed by atoms with van der Waals surface area (Å²) in [5.74, 6) is 0.191. The zero-order chi connectivity index (χ0) is 15.8. The minimum absolute atomic E-state index is 0.170. The monoisotopic (exact) mass is 299 g/mol. The van der Waals surface area contributed by atoms with Crippen LogP contribution < -0.4 is 10.2 Å². The van der Waals surface area contributed by atoms with E-state index in [0.29, 0.717) is 0 Å². The van der Waals surface area contributed by atoms with Crippen molar-refractivity contribution in [1.82, 2.24) is 10.3 Å². The first-order valence-corrected chi connectivity index (χ1v) is 7.67. The second-order valence-corrected chi connectivity index (χ2v) is 5.77. The topological polar surface area (TPSA) is 48.4 Å². The van der Waals surface area contributed by atoms with E-state index in [1.54, 1.807) is 6.20 Å². The number of pyridine rings is 1. The van der Waals surface area contributed by atoms with Gasteiger partial charge in [0, 0.05) is 51.4 Å². The third-order valence-electron chi connectivity index (χ3n) is 3.70. The van der Waals surface area contributed by atoms with Gasteiger partial charge >= 0.3 is 0 Å². The third-order valence-corrected chi connectivity index (χ3v) is 3.70. The van der Waals surface area contributed by atoms with Gasteiger partial charge in [0.25, 0.3) is 0 Å². The highest BCUT2D eigenvalue weighted by Crippen LogP contribution is 2.12. The SMILES string of the molecule is CN(C)c1ccc(CNCC(CO)Cc2ccccn2)cc1. The Labute approximate surface area is 132 Å². The molecule has 0 radical (unpaired) electrons. The number of aliphatic hydroxyl groups is 1. The Kier molecular flexibility index (Phi) is 6.37. The molecule has 0 aliphatic heterocycles. The molecule has 1 heterocycles. The summed E-state index contributed by atoms with van der Waals surface area (Å²) in [7, 11) is 4.08. The van der Waals surface area contributed by atoms with Crippen molar-refractivity contribution in [1.29, 1.82) is 0 Å². The maximum atomic E-state index is 9.51. The van der Waals surface area contributed by atoms with Crippen LogP contribution in [0.15, 0.2) is 48.7 Å². The molecule has 1 aromatic carbocycles. The van der Waals surface area contributed by atoms with Crippen molar-refractivity contribution in [2.75, 3.05) is 32.1 Å². The van der Waals surface area contributed by atoms with Crippen molar-refractivity contribution < 1.29 is 5.11 Å². The standard InChI is InChI=1S/C18H25N3O/c1-21(2)18-8-6-15(7-9-18)12-19-13-16(14-22)11-17-5-3-4-10-20-17/h3-10,16,19,22H,11-14H2,1-2H3. The molecule has 0 saturated carbocycles. The van der Waals surface area contributed by atoms with Crippen LogP contribution in [0, 0.1) is 5.92 Å². The summed E-state index contributed by atoms with van der Waals surface area (Å²) >= 11 is 0. The molecule has 2 rings (SSSR count). The van der Waals surface area contributed by atoms with E-state index in [1.807, 2.05) is 32.3 Å². The summed E-state index contributed by atoms with van der Waals surface area (Å²) < 4.78 is 0. The molecular formula is C18H25N3O. The predicted octanol–water partition coefficient (Wildman–Crippen LogP) is 2.09. The summed E-state index contributed by atoms with van der Waals surface area (Å²) in [5, 5.41) is 12.9. The highest BCUT2D eigenvalue weighted by molar-refractivity contribution is 5.45. The zero-order valence-electron chi connectivity index (χ0n) is 13.4. The number of rotatable bonds is 8. The van der Waals surface area contributed by atoms with Crippen molar-refractivity contribution in [3.63, 3.8) is 0 Å². The van der Waals surface area contributed by atoms with Gasteiger partial charge in [0.1, 0.15) is 0 Å². The molecule has 1 atom stereocenters. The normalized spacial score (nSPS) is 12.1. The average Bonchev–Trinajstić information content (AvgIpc) is 2.55. The van der Waals surface area contributed by atoms with Gasteiger partial charge in [-0.05, 0) is 42.2 Å². The molecular weight excluding hydrogens is 274 g/mol. The van der Waals surface area contributed by atoms with Gasteiger partial charge in [0.15, 0.2) is 0 Å². The minimum Gasteiger partial charge on any atom is -0.396 e. The lowest BCUT2D eigenvalue weighted by Crippen LogP contribution is -2.26. The van der Waals surface area contributed by atoms with Crippen molar-refractivity contribution in [3.05, 3.63) is 59.9 Å². The third kappa shape index (κ3) is 5.13. The molecule has 0 saturated heterocycles. The summed E-state index contributed by atoms with van der Waals surface area (Å²) in [5.41, 5.74) is 3.48. The number of aromatic nitrogens is 1. The molecule has 4 heteroatoms. The molecule has 0 spiro atoms.